The number of aliphatic imine (C=N–C) groups is 1. The van der Waals surface area contributed by atoms with E-state index >= 15 is 0 Å². The van der Waals surface area contributed by atoms with Gasteiger partial charge in [0.25, 0.3) is 5.91 Å². The van der Waals surface area contributed by atoms with Crippen LogP contribution in [0.3, 0.4) is 0 Å². The fourth-order valence-electron chi connectivity index (χ4n) is 1.85. The van der Waals surface area contributed by atoms with Crippen molar-refractivity contribution in [3.63, 3.8) is 0 Å². The zero-order chi connectivity index (χ0) is 15.5. The summed E-state index contributed by atoms with van der Waals surface area (Å²) in [6.07, 6.45) is 1.73. The predicted octanol–water partition coefficient (Wildman–Crippen LogP) is 2.99. The largest absolute Gasteiger partial charge is 0.508 e. The van der Waals surface area contributed by atoms with E-state index in [0.717, 1.165) is 5.56 Å². The standard InChI is InChI=1S/C16H12N2O3S/c19-12-5-1-10(2-6-12)9-14-15(21)18-16(22-14)17-11-3-7-13(20)8-4-11/h1-9,19-20H,(H,17,18,21)/b14-9-. The number of phenols is 2. The van der Waals surface area contributed by atoms with Gasteiger partial charge < -0.3 is 15.5 Å². The van der Waals surface area contributed by atoms with Gasteiger partial charge in [0.05, 0.1) is 10.6 Å². The number of aromatic hydroxyl groups is 2. The van der Waals surface area contributed by atoms with E-state index in [1.54, 1.807) is 42.5 Å². The van der Waals surface area contributed by atoms with E-state index in [2.05, 4.69) is 10.3 Å². The van der Waals surface area contributed by atoms with Crippen molar-refractivity contribution < 1.29 is 15.0 Å². The number of rotatable bonds is 2. The maximum atomic E-state index is 11.9. The Labute approximate surface area is 131 Å². The van der Waals surface area contributed by atoms with Crippen molar-refractivity contribution in [1.82, 2.24) is 5.32 Å². The third kappa shape index (κ3) is 3.29. The minimum Gasteiger partial charge on any atom is -0.508 e. The summed E-state index contributed by atoms with van der Waals surface area (Å²) in [5.41, 5.74) is 1.47. The molecule has 1 aliphatic heterocycles. The van der Waals surface area contributed by atoms with Gasteiger partial charge in [-0.15, -0.1) is 0 Å². The van der Waals surface area contributed by atoms with Gasteiger partial charge >= 0.3 is 0 Å². The molecule has 0 atom stereocenters. The summed E-state index contributed by atoms with van der Waals surface area (Å²) in [5.74, 6) is 0.135. The molecule has 2 aromatic carbocycles. The van der Waals surface area contributed by atoms with Crippen molar-refractivity contribution >= 4 is 34.6 Å². The Balaban J connectivity index is 1.80. The van der Waals surface area contributed by atoms with Gasteiger partial charge in [-0.2, -0.15) is 0 Å². The van der Waals surface area contributed by atoms with Crippen LogP contribution in [-0.2, 0) is 4.79 Å². The molecule has 0 aromatic heterocycles. The lowest BCUT2D eigenvalue weighted by atomic mass is 10.2. The zero-order valence-corrected chi connectivity index (χ0v) is 12.2. The second kappa shape index (κ2) is 5.95. The van der Waals surface area contributed by atoms with Gasteiger partial charge in [0.15, 0.2) is 5.17 Å². The highest BCUT2D eigenvalue weighted by atomic mass is 32.2. The average molecular weight is 312 g/mol. The minimum absolute atomic E-state index is 0.167. The third-order valence-electron chi connectivity index (χ3n) is 2.92. The molecule has 0 aliphatic carbocycles. The lowest BCUT2D eigenvalue weighted by Gasteiger charge is -1.96. The Kier molecular flexibility index (Phi) is 3.84. The highest BCUT2D eigenvalue weighted by molar-refractivity contribution is 8.18. The van der Waals surface area contributed by atoms with Crippen LogP contribution in [0.25, 0.3) is 6.08 Å². The van der Waals surface area contributed by atoms with Crippen LogP contribution in [0, 0.1) is 0 Å². The van der Waals surface area contributed by atoms with Crippen LogP contribution < -0.4 is 5.32 Å². The Morgan fingerprint density at radius 3 is 2.18 bits per heavy atom. The number of nitrogens with one attached hydrogen (secondary N) is 1. The first-order valence-electron chi connectivity index (χ1n) is 6.48. The Morgan fingerprint density at radius 2 is 1.55 bits per heavy atom. The first-order chi connectivity index (χ1) is 10.6. The van der Waals surface area contributed by atoms with Crippen molar-refractivity contribution in [2.75, 3.05) is 0 Å². The molecular formula is C16H12N2O3S. The number of hydrogen-bond donors (Lipinski definition) is 3. The Bertz CT molecular complexity index is 765. The van der Waals surface area contributed by atoms with Crippen LogP contribution in [0.15, 0.2) is 58.4 Å². The molecule has 1 amide bonds. The van der Waals surface area contributed by atoms with Gasteiger partial charge in [0.2, 0.25) is 0 Å². The molecule has 6 heteroatoms. The summed E-state index contributed by atoms with van der Waals surface area (Å²) in [6.45, 7) is 0. The van der Waals surface area contributed by atoms with Crippen molar-refractivity contribution in [1.29, 1.82) is 0 Å². The molecule has 1 aliphatic rings. The Morgan fingerprint density at radius 1 is 0.955 bits per heavy atom. The number of amidine groups is 1. The van der Waals surface area contributed by atoms with E-state index in [-0.39, 0.29) is 17.4 Å². The zero-order valence-electron chi connectivity index (χ0n) is 11.4. The van der Waals surface area contributed by atoms with E-state index in [0.29, 0.717) is 15.8 Å². The van der Waals surface area contributed by atoms with Crippen LogP contribution in [0.2, 0.25) is 0 Å². The summed E-state index contributed by atoms with van der Waals surface area (Å²) >= 11 is 1.24. The normalized spacial score (nSPS) is 17.9. The van der Waals surface area contributed by atoms with Crippen LogP contribution in [0.5, 0.6) is 11.5 Å². The second-order valence-corrected chi connectivity index (χ2v) is 5.62. The lowest BCUT2D eigenvalue weighted by Crippen LogP contribution is -2.19. The van der Waals surface area contributed by atoms with Crippen LogP contribution in [0.1, 0.15) is 5.56 Å². The van der Waals surface area contributed by atoms with Crippen molar-refractivity contribution in [2.45, 2.75) is 0 Å². The molecule has 22 heavy (non-hydrogen) atoms. The summed E-state index contributed by atoms with van der Waals surface area (Å²) in [7, 11) is 0. The van der Waals surface area contributed by atoms with Gasteiger partial charge in [-0.1, -0.05) is 12.1 Å². The lowest BCUT2D eigenvalue weighted by molar-refractivity contribution is -0.115. The monoisotopic (exact) mass is 312 g/mol. The van der Waals surface area contributed by atoms with E-state index < -0.39 is 0 Å². The van der Waals surface area contributed by atoms with E-state index in [4.69, 9.17) is 0 Å². The van der Waals surface area contributed by atoms with Gasteiger partial charge in [-0.3, -0.25) is 4.79 Å². The molecule has 3 N–H and O–H groups in total. The predicted molar refractivity (Wildman–Crippen MR) is 87.0 cm³/mol. The topological polar surface area (TPSA) is 81.9 Å². The van der Waals surface area contributed by atoms with E-state index in [1.807, 2.05) is 0 Å². The molecular weight excluding hydrogens is 300 g/mol. The highest BCUT2D eigenvalue weighted by Gasteiger charge is 2.23. The molecule has 1 heterocycles. The molecule has 0 radical (unpaired) electrons. The molecule has 0 unspecified atom stereocenters. The minimum atomic E-state index is -0.212. The smallest absolute Gasteiger partial charge is 0.264 e. The van der Waals surface area contributed by atoms with Crippen molar-refractivity contribution in [3.8, 4) is 11.5 Å². The van der Waals surface area contributed by atoms with Gasteiger partial charge in [0.1, 0.15) is 11.5 Å². The molecule has 0 spiro atoms. The molecule has 0 saturated carbocycles. The van der Waals surface area contributed by atoms with Crippen LogP contribution in [0.4, 0.5) is 5.69 Å². The van der Waals surface area contributed by atoms with Crippen molar-refractivity contribution in [2.24, 2.45) is 4.99 Å². The van der Waals surface area contributed by atoms with E-state index in [1.165, 1.54) is 23.9 Å². The maximum Gasteiger partial charge on any atom is 0.264 e. The number of carbonyl (C=O) groups is 1. The summed E-state index contributed by atoms with van der Waals surface area (Å²) in [5, 5.41) is 21.7. The number of hydrogen-bond acceptors (Lipinski definition) is 5. The highest BCUT2D eigenvalue weighted by Crippen LogP contribution is 2.28. The first-order valence-corrected chi connectivity index (χ1v) is 7.29. The summed E-state index contributed by atoms with van der Waals surface area (Å²) < 4.78 is 0. The van der Waals surface area contributed by atoms with Crippen LogP contribution in [-0.4, -0.2) is 21.3 Å². The SMILES string of the molecule is O=C1NC(=Nc2ccc(O)cc2)S/C1=C\c1ccc(O)cc1. The number of carbonyl (C=O) groups excluding carboxylic acids is 1. The van der Waals surface area contributed by atoms with E-state index in [9.17, 15) is 15.0 Å². The number of phenolic OH excluding ortho intramolecular Hbond substituents is 2. The van der Waals surface area contributed by atoms with Gasteiger partial charge in [-0.05, 0) is 59.8 Å². The molecule has 2 aromatic rings. The third-order valence-corrected chi connectivity index (χ3v) is 3.83. The number of nitrogens with zero attached hydrogens (tertiary/aromatic N) is 1. The molecule has 5 nitrogen and oxygen atoms in total. The summed E-state index contributed by atoms with van der Waals surface area (Å²) in [4.78, 5) is 16.8. The quantitative estimate of drug-likeness (QED) is 0.745. The Hall–Kier alpha value is -2.73. The number of benzene rings is 2. The second-order valence-electron chi connectivity index (χ2n) is 4.59. The first kappa shape index (κ1) is 14.2. The maximum absolute atomic E-state index is 11.9. The number of amides is 1. The molecule has 1 fully saturated rings. The van der Waals surface area contributed by atoms with Crippen LogP contribution >= 0.6 is 11.8 Å². The van der Waals surface area contributed by atoms with Gasteiger partial charge in [-0.25, -0.2) is 4.99 Å². The molecule has 0 bridgehead atoms. The fourth-order valence-corrected chi connectivity index (χ4v) is 2.69. The average Bonchev–Trinajstić information content (AvgIpc) is 2.84. The number of thioether (sulfide) groups is 1. The fraction of sp³-hybridized carbons (Fsp3) is 0. The molecule has 1 saturated heterocycles. The molecule has 3 rings (SSSR count). The van der Waals surface area contributed by atoms with Gasteiger partial charge in [0, 0.05) is 0 Å². The van der Waals surface area contributed by atoms with Crippen molar-refractivity contribution in [3.05, 3.63) is 59.0 Å². The summed E-state index contributed by atoms with van der Waals surface area (Å²) in [6, 6.07) is 13.0. The molecule has 110 valence electrons.